The molecule has 0 amide bonds. The van der Waals surface area contributed by atoms with E-state index in [1.807, 2.05) is 19.1 Å². The number of nitrogens with zero attached hydrogens (tertiary/aromatic N) is 1. The van der Waals surface area contributed by atoms with Crippen LogP contribution in [0, 0.1) is 12.7 Å². The van der Waals surface area contributed by atoms with Gasteiger partial charge in [0.2, 0.25) is 0 Å². The van der Waals surface area contributed by atoms with Gasteiger partial charge in [0, 0.05) is 0 Å². The first-order valence-electron chi connectivity index (χ1n) is 12.7. The van der Waals surface area contributed by atoms with Crippen LogP contribution >= 0.6 is 0 Å². The maximum atomic E-state index is 15.7. The molecule has 33 heavy (non-hydrogen) atoms. The first kappa shape index (κ1) is 26.7. The van der Waals surface area contributed by atoms with Gasteiger partial charge in [-0.2, -0.15) is 0 Å². The molecule has 0 N–H and O–H groups in total. The predicted molar refractivity (Wildman–Crippen MR) is 139 cm³/mol. The fraction of sp³-hybridized carbons (Fsp3) is 0.556. The number of unbranched alkanes of at least 4 members (excludes halogenated alkanes) is 3. The van der Waals surface area contributed by atoms with Gasteiger partial charge in [0.05, 0.1) is 0 Å². The van der Waals surface area contributed by atoms with Crippen molar-refractivity contribution in [1.29, 1.82) is 0 Å². The number of sulfonamides is 1. The van der Waals surface area contributed by atoms with Crippen molar-refractivity contribution in [2.75, 3.05) is 0 Å². The number of aryl methyl sites for hydroxylation is 1. The third-order valence-corrected chi connectivity index (χ3v) is 24.6. The number of hydrogen-bond donors (Lipinski definition) is 0. The van der Waals surface area contributed by atoms with Gasteiger partial charge in [-0.05, 0) is 0 Å². The zero-order valence-electron chi connectivity index (χ0n) is 20.8. The Kier molecular flexibility index (Phi) is 9.44. The van der Waals surface area contributed by atoms with Gasteiger partial charge in [-0.3, -0.25) is 0 Å². The molecule has 2 aromatic rings. The van der Waals surface area contributed by atoms with E-state index in [1.54, 1.807) is 18.2 Å². The zero-order valence-corrected chi connectivity index (χ0v) is 24.5. The van der Waals surface area contributed by atoms with Crippen LogP contribution in [0.4, 0.5) is 4.39 Å². The van der Waals surface area contributed by atoms with Gasteiger partial charge in [0.25, 0.3) is 0 Å². The molecule has 182 valence electrons. The van der Waals surface area contributed by atoms with Crippen LogP contribution < -0.4 is 3.58 Å². The molecule has 0 aliphatic carbocycles. The summed E-state index contributed by atoms with van der Waals surface area (Å²) in [6.07, 6.45) is 6.96. The Balaban J connectivity index is 1.96. The third kappa shape index (κ3) is 6.02. The summed E-state index contributed by atoms with van der Waals surface area (Å²) < 4.78 is 48.3. The summed E-state index contributed by atoms with van der Waals surface area (Å²) in [7, 11) is -3.60. The van der Waals surface area contributed by atoms with Crippen molar-refractivity contribution in [2.24, 2.45) is 0 Å². The van der Waals surface area contributed by atoms with Gasteiger partial charge in [-0.1, -0.05) is 0 Å². The molecule has 3 nitrogen and oxygen atoms in total. The molecule has 0 bridgehead atoms. The summed E-state index contributed by atoms with van der Waals surface area (Å²) in [4.78, 5) is 0.309. The molecule has 0 radical (unpaired) electrons. The molecule has 2 aromatic carbocycles. The van der Waals surface area contributed by atoms with Crippen LogP contribution in [0.25, 0.3) is 0 Å². The Morgan fingerprint density at radius 1 is 0.848 bits per heavy atom. The third-order valence-electron chi connectivity index (χ3n) is 7.24. The number of hydrogen-bond acceptors (Lipinski definition) is 2. The van der Waals surface area contributed by atoms with E-state index >= 15 is 4.39 Å². The van der Waals surface area contributed by atoms with E-state index in [0.29, 0.717) is 11.4 Å². The maximum absolute atomic E-state index is 15.7. The molecule has 0 spiro atoms. The van der Waals surface area contributed by atoms with Crippen LogP contribution in [0.15, 0.2) is 41.3 Å². The predicted octanol–water partition coefficient (Wildman–Crippen LogP) is 6.89. The van der Waals surface area contributed by atoms with E-state index in [0.717, 1.165) is 39.5 Å². The molecule has 0 saturated heterocycles. The van der Waals surface area contributed by atoms with Crippen molar-refractivity contribution in [3.8, 4) is 0 Å². The topological polar surface area (TPSA) is 37.4 Å². The second kappa shape index (κ2) is 11.7. The Hall–Kier alpha value is -0.921. The molecule has 3 rings (SSSR count). The van der Waals surface area contributed by atoms with E-state index in [4.69, 9.17) is 0 Å². The number of fused-ring (bicyclic) bond motifs is 1. The van der Waals surface area contributed by atoms with Crippen molar-refractivity contribution >= 4 is 32.0 Å². The Labute approximate surface area is 204 Å². The standard InChI is InChI=1S/C15H13FNO2S.3C4H9.Sn/c1-11-2-6-15(7-3-11)20(18,19)17-9-12-4-5-14(16)8-13(12)10-17;3*1-3-4-2;/h2-4,6-8H,9-10H2,1H3;3*1,3-4H2,2H3;. The zero-order chi connectivity index (χ0) is 24.1. The van der Waals surface area contributed by atoms with Gasteiger partial charge in [0.15, 0.2) is 0 Å². The summed E-state index contributed by atoms with van der Waals surface area (Å²) in [5, 5.41) is 0. The second-order valence-corrected chi connectivity index (χ2v) is 24.8. The molecule has 1 heterocycles. The first-order valence-corrected chi connectivity index (χ1v) is 21.6. The van der Waals surface area contributed by atoms with Crippen LogP contribution in [0.1, 0.15) is 76.0 Å². The summed E-state index contributed by atoms with van der Waals surface area (Å²) >= 11 is -2.95. The summed E-state index contributed by atoms with van der Waals surface area (Å²) in [5.41, 5.74) is 2.86. The van der Waals surface area contributed by atoms with Crippen LogP contribution in [0.2, 0.25) is 13.3 Å². The van der Waals surface area contributed by atoms with Crippen LogP contribution in [-0.4, -0.2) is 31.1 Å². The molecular formula is C27H40FNO2SSn. The monoisotopic (exact) mass is 581 g/mol. The summed E-state index contributed by atoms with van der Waals surface area (Å²) in [6.45, 7) is 9.22. The van der Waals surface area contributed by atoms with Crippen molar-refractivity contribution in [2.45, 2.75) is 97.5 Å². The summed E-state index contributed by atoms with van der Waals surface area (Å²) in [5.74, 6) is -0.0672. The van der Waals surface area contributed by atoms with E-state index < -0.39 is 28.4 Å². The minimum atomic E-state index is -3.60. The average Bonchev–Trinajstić information content (AvgIpc) is 3.22. The van der Waals surface area contributed by atoms with Crippen molar-refractivity contribution in [3.05, 3.63) is 58.9 Å². The van der Waals surface area contributed by atoms with Gasteiger partial charge in [-0.15, -0.1) is 0 Å². The van der Waals surface area contributed by atoms with Gasteiger partial charge in [0.1, 0.15) is 0 Å². The Morgan fingerprint density at radius 3 is 1.82 bits per heavy atom. The van der Waals surface area contributed by atoms with E-state index in [1.165, 1.54) is 36.9 Å². The number of halogens is 1. The molecule has 0 saturated carbocycles. The molecule has 0 fully saturated rings. The van der Waals surface area contributed by atoms with E-state index in [-0.39, 0.29) is 12.4 Å². The van der Waals surface area contributed by atoms with Crippen LogP contribution in [0.3, 0.4) is 0 Å². The number of benzene rings is 2. The second-order valence-electron chi connectivity index (χ2n) is 9.78. The normalized spacial score (nSPS) is 14.6. The van der Waals surface area contributed by atoms with Crippen LogP contribution in [0.5, 0.6) is 0 Å². The van der Waals surface area contributed by atoms with Crippen molar-refractivity contribution < 1.29 is 12.8 Å². The van der Waals surface area contributed by atoms with Gasteiger partial charge >= 0.3 is 206 Å². The van der Waals surface area contributed by atoms with Crippen LogP contribution in [-0.2, 0) is 23.1 Å². The van der Waals surface area contributed by atoms with E-state index in [2.05, 4.69) is 26.8 Å². The minimum absolute atomic E-state index is 0.0672. The fourth-order valence-electron chi connectivity index (χ4n) is 5.15. The molecule has 1 aliphatic heterocycles. The Morgan fingerprint density at radius 2 is 1.33 bits per heavy atom. The van der Waals surface area contributed by atoms with Gasteiger partial charge in [-0.25, -0.2) is 0 Å². The van der Waals surface area contributed by atoms with Crippen molar-refractivity contribution in [1.82, 2.24) is 4.31 Å². The molecular weight excluding hydrogens is 540 g/mol. The summed E-state index contributed by atoms with van der Waals surface area (Å²) in [6, 6.07) is 10.8. The Bertz CT molecular complexity index is 1020. The van der Waals surface area contributed by atoms with Crippen molar-refractivity contribution in [3.63, 3.8) is 0 Å². The number of rotatable bonds is 12. The molecule has 6 heteroatoms. The molecule has 1 aliphatic rings. The SMILES string of the molecule is CCC[CH2][Sn]([CH2]CCC)([CH2]CCC)[c]1cc2c(cc1F)CN(S(=O)(=O)c1ccc(C)cc1)C2. The molecule has 0 aromatic heterocycles. The fourth-order valence-corrected chi connectivity index (χ4v) is 22.8. The first-order chi connectivity index (χ1) is 15.8. The van der Waals surface area contributed by atoms with E-state index in [9.17, 15) is 8.42 Å². The molecule has 0 atom stereocenters. The quantitative estimate of drug-likeness (QED) is 0.257. The van der Waals surface area contributed by atoms with Gasteiger partial charge < -0.3 is 0 Å². The average molecular weight is 580 g/mol. The molecule has 0 unspecified atom stereocenters.